The first-order valence-corrected chi connectivity index (χ1v) is 8.84. The largest absolute Gasteiger partial charge is 0.507 e. The zero-order valence-corrected chi connectivity index (χ0v) is 15.2. The minimum Gasteiger partial charge on any atom is -0.507 e. The topological polar surface area (TPSA) is 74.8 Å². The van der Waals surface area contributed by atoms with E-state index < -0.39 is 5.63 Å². The Bertz CT molecular complexity index is 1210. The molecule has 0 amide bonds. The summed E-state index contributed by atoms with van der Waals surface area (Å²) in [6, 6.07) is 23.9. The van der Waals surface area contributed by atoms with Crippen molar-refractivity contribution in [3.8, 4) is 16.9 Å². The molecule has 1 aromatic heterocycles. The van der Waals surface area contributed by atoms with Crippen molar-refractivity contribution in [1.82, 2.24) is 0 Å². The quantitative estimate of drug-likeness (QED) is 0.301. The molecule has 5 nitrogen and oxygen atoms in total. The summed E-state index contributed by atoms with van der Waals surface area (Å²) in [5, 5.41) is 15.5. The molecule has 138 valence electrons. The second kappa shape index (κ2) is 7.40. The fourth-order valence-corrected chi connectivity index (χ4v) is 3.14. The van der Waals surface area contributed by atoms with Gasteiger partial charge >= 0.3 is 5.63 Å². The lowest BCUT2D eigenvalue weighted by molar-refractivity contribution is 0.472. The van der Waals surface area contributed by atoms with Gasteiger partial charge in [-0.15, -0.1) is 0 Å². The van der Waals surface area contributed by atoms with Crippen LogP contribution >= 0.6 is 0 Å². The maximum atomic E-state index is 12.2. The van der Waals surface area contributed by atoms with E-state index in [4.69, 9.17) is 4.42 Å². The summed E-state index contributed by atoms with van der Waals surface area (Å²) in [5.41, 5.74) is 6.12. The number of phenols is 1. The third kappa shape index (κ3) is 3.38. The average molecular weight is 370 g/mol. The second-order valence-corrected chi connectivity index (χ2v) is 6.36. The summed E-state index contributed by atoms with van der Waals surface area (Å²) < 4.78 is 5.48. The van der Waals surface area contributed by atoms with Gasteiger partial charge in [-0.2, -0.15) is 5.10 Å². The smallest absolute Gasteiger partial charge is 0.336 e. The van der Waals surface area contributed by atoms with Crippen LogP contribution in [0.3, 0.4) is 0 Å². The molecule has 0 spiro atoms. The van der Waals surface area contributed by atoms with Crippen LogP contribution in [0.4, 0.5) is 5.69 Å². The van der Waals surface area contributed by atoms with Gasteiger partial charge in [-0.25, -0.2) is 4.79 Å². The van der Waals surface area contributed by atoms with Crippen molar-refractivity contribution in [3.05, 3.63) is 94.8 Å². The Morgan fingerprint density at radius 2 is 1.64 bits per heavy atom. The molecule has 0 bridgehead atoms. The lowest BCUT2D eigenvalue weighted by Gasteiger charge is -2.11. The highest BCUT2D eigenvalue weighted by molar-refractivity contribution is 6.12. The molecule has 1 heterocycles. The molecule has 0 aliphatic rings. The Kier molecular flexibility index (Phi) is 4.64. The summed E-state index contributed by atoms with van der Waals surface area (Å²) in [5.74, 6) is -0.00280. The first kappa shape index (κ1) is 17.5. The van der Waals surface area contributed by atoms with Gasteiger partial charge in [0.15, 0.2) is 5.58 Å². The zero-order valence-electron chi connectivity index (χ0n) is 15.2. The van der Waals surface area contributed by atoms with Gasteiger partial charge in [-0.3, -0.25) is 5.43 Å². The van der Waals surface area contributed by atoms with E-state index in [0.717, 1.165) is 22.2 Å². The predicted octanol–water partition coefficient (Wildman–Crippen LogP) is 5.00. The minimum absolute atomic E-state index is 0.00280. The SMILES string of the molecule is C/C(=N\Nc1ccccc1)c1c(O)ccc2c(-c3ccccc3)cc(=O)oc12. The van der Waals surface area contributed by atoms with E-state index in [1.165, 1.54) is 6.07 Å². The van der Waals surface area contributed by atoms with E-state index in [1.807, 2.05) is 60.7 Å². The summed E-state index contributed by atoms with van der Waals surface area (Å²) in [4.78, 5) is 12.2. The third-order valence-corrected chi connectivity index (χ3v) is 4.46. The molecule has 4 aromatic rings. The monoisotopic (exact) mass is 370 g/mol. The average Bonchev–Trinajstić information content (AvgIpc) is 2.72. The zero-order chi connectivity index (χ0) is 19.5. The highest BCUT2D eigenvalue weighted by Gasteiger charge is 2.17. The molecule has 0 aliphatic carbocycles. The Morgan fingerprint density at radius 1 is 0.964 bits per heavy atom. The highest BCUT2D eigenvalue weighted by Crippen LogP contribution is 2.33. The molecule has 3 aromatic carbocycles. The van der Waals surface area contributed by atoms with Crippen LogP contribution in [0.15, 0.2) is 93.2 Å². The van der Waals surface area contributed by atoms with E-state index in [2.05, 4.69) is 10.5 Å². The van der Waals surface area contributed by atoms with Gasteiger partial charge in [0.1, 0.15) is 5.75 Å². The number of benzene rings is 3. The second-order valence-electron chi connectivity index (χ2n) is 6.36. The van der Waals surface area contributed by atoms with Gasteiger partial charge in [0.05, 0.1) is 17.0 Å². The molecule has 2 N–H and O–H groups in total. The normalized spacial score (nSPS) is 11.5. The van der Waals surface area contributed by atoms with Gasteiger partial charge in [0.2, 0.25) is 0 Å². The Hall–Kier alpha value is -3.86. The molecule has 0 atom stereocenters. The fraction of sp³-hybridized carbons (Fsp3) is 0.0435. The number of aromatic hydroxyl groups is 1. The standard InChI is InChI=1S/C23H18N2O3/c1-15(24-25-17-10-6-3-7-11-17)22-20(26)13-12-18-19(14-21(27)28-23(18)22)16-8-4-2-5-9-16/h2-14,25-26H,1H3/b24-15+. The fourth-order valence-electron chi connectivity index (χ4n) is 3.14. The van der Waals surface area contributed by atoms with Crippen LogP contribution in [0, 0.1) is 0 Å². The van der Waals surface area contributed by atoms with Gasteiger partial charge in [-0.05, 0) is 42.3 Å². The molecule has 4 rings (SSSR count). The number of fused-ring (bicyclic) bond motifs is 1. The first-order chi connectivity index (χ1) is 13.6. The van der Waals surface area contributed by atoms with Crippen molar-refractivity contribution in [2.24, 2.45) is 5.10 Å². The van der Waals surface area contributed by atoms with E-state index in [9.17, 15) is 9.90 Å². The maximum Gasteiger partial charge on any atom is 0.336 e. The van der Waals surface area contributed by atoms with Crippen LogP contribution in [0.5, 0.6) is 5.75 Å². The number of hydrogen-bond acceptors (Lipinski definition) is 5. The van der Waals surface area contributed by atoms with Crippen molar-refractivity contribution < 1.29 is 9.52 Å². The molecule has 0 radical (unpaired) electrons. The lowest BCUT2D eigenvalue weighted by atomic mass is 9.98. The number of para-hydroxylation sites is 1. The van der Waals surface area contributed by atoms with E-state index in [-0.39, 0.29) is 5.75 Å². The number of phenolic OH excluding ortho intramolecular Hbond substituents is 1. The summed E-state index contributed by atoms with van der Waals surface area (Å²) in [6.07, 6.45) is 0. The van der Waals surface area contributed by atoms with E-state index in [0.29, 0.717) is 16.9 Å². The number of hydrazone groups is 1. The molecular formula is C23H18N2O3. The predicted molar refractivity (Wildman–Crippen MR) is 112 cm³/mol. The van der Waals surface area contributed by atoms with Crippen molar-refractivity contribution in [2.75, 3.05) is 5.43 Å². The van der Waals surface area contributed by atoms with Crippen LogP contribution < -0.4 is 11.1 Å². The molecule has 0 aliphatic heterocycles. The number of nitrogens with one attached hydrogen (secondary N) is 1. The van der Waals surface area contributed by atoms with Crippen LogP contribution in [-0.4, -0.2) is 10.8 Å². The number of rotatable bonds is 4. The van der Waals surface area contributed by atoms with Gasteiger partial charge in [0, 0.05) is 11.5 Å². The van der Waals surface area contributed by atoms with Gasteiger partial charge < -0.3 is 9.52 Å². The van der Waals surface area contributed by atoms with E-state index in [1.54, 1.807) is 19.1 Å². The van der Waals surface area contributed by atoms with Crippen molar-refractivity contribution >= 4 is 22.4 Å². The van der Waals surface area contributed by atoms with Crippen LogP contribution in [-0.2, 0) is 0 Å². The molecule has 5 heteroatoms. The minimum atomic E-state index is -0.484. The molecule has 28 heavy (non-hydrogen) atoms. The molecular weight excluding hydrogens is 352 g/mol. The summed E-state index contributed by atoms with van der Waals surface area (Å²) in [6.45, 7) is 1.75. The van der Waals surface area contributed by atoms with Crippen LogP contribution in [0.25, 0.3) is 22.1 Å². The molecule has 0 unspecified atom stereocenters. The molecule has 0 saturated heterocycles. The molecule has 0 saturated carbocycles. The maximum absolute atomic E-state index is 12.2. The van der Waals surface area contributed by atoms with Crippen molar-refractivity contribution in [3.63, 3.8) is 0 Å². The summed E-state index contributed by atoms with van der Waals surface area (Å²) >= 11 is 0. The van der Waals surface area contributed by atoms with Gasteiger partial charge in [0.25, 0.3) is 0 Å². The number of anilines is 1. The lowest BCUT2D eigenvalue weighted by Crippen LogP contribution is -2.05. The van der Waals surface area contributed by atoms with Gasteiger partial charge in [-0.1, -0.05) is 48.5 Å². The first-order valence-electron chi connectivity index (χ1n) is 8.84. The van der Waals surface area contributed by atoms with Crippen LogP contribution in [0.1, 0.15) is 12.5 Å². The van der Waals surface area contributed by atoms with Crippen molar-refractivity contribution in [2.45, 2.75) is 6.92 Å². The van der Waals surface area contributed by atoms with Crippen molar-refractivity contribution in [1.29, 1.82) is 0 Å². The van der Waals surface area contributed by atoms with E-state index >= 15 is 0 Å². The molecule has 0 fully saturated rings. The number of nitrogens with zero attached hydrogens (tertiary/aromatic N) is 1. The Morgan fingerprint density at radius 3 is 2.36 bits per heavy atom. The Balaban J connectivity index is 1.88. The van der Waals surface area contributed by atoms with Crippen LogP contribution in [0.2, 0.25) is 0 Å². The highest BCUT2D eigenvalue weighted by atomic mass is 16.4. The third-order valence-electron chi connectivity index (χ3n) is 4.46. The Labute approximate surface area is 161 Å². The summed E-state index contributed by atoms with van der Waals surface area (Å²) in [7, 11) is 0. The number of hydrogen-bond donors (Lipinski definition) is 2.